The molecule has 2 fully saturated rings. The monoisotopic (exact) mass is 402 g/mol. The Labute approximate surface area is 166 Å². The first-order valence-electron chi connectivity index (χ1n) is 9.36. The first kappa shape index (κ1) is 19.6. The Balaban J connectivity index is 1.57. The van der Waals surface area contributed by atoms with Gasteiger partial charge in [-0.2, -0.15) is 0 Å². The molecule has 0 saturated carbocycles. The van der Waals surface area contributed by atoms with Crippen LogP contribution in [-0.2, 0) is 30.3 Å². The summed E-state index contributed by atoms with van der Waals surface area (Å²) in [6.07, 6.45) is -1.87. The summed E-state index contributed by atoms with van der Waals surface area (Å²) in [5.74, 6) is -0.518. The molecule has 5 atom stereocenters. The fourth-order valence-electron chi connectivity index (χ4n) is 3.69. The lowest BCUT2D eigenvalue weighted by atomic mass is 10.1. The molecule has 0 radical (unpaired) electrons. The van der Waals surface area contributed by atoms with Gasteiger partial charge in [0.2, 0.25) is 0 Å². The minimum Gasteiger partial charge on any atom is -0.455 e. The topological polar surface area (TPSA) is 109 Å². The molecule has 2 saturated heterocycles. The van der Waals surface area contributed by atoms with Crippen LogP contribution in [0.15, 0.2) is 46.1 Å². The van der Waals surface area contributed by atoms with Crippen molar-refractivity contribution in [2.45, 2.75) is 51.1 Å². The predicted octanol–water partition coefficient (Wildman–Crippen LogP) is 0.658. The molecule has 4 rings (SSSR count). The van der Waals surface area contributed by atoms with E-state index in [0.29, 0.717) is 12.2 Å². The molecule has 154 valence electrons. The van der Waals surface area contributed by atoms with Crippen LogP contribution in [0, 0.1) is 6.92 Å². The molecule has 0 amide bonds. The van der Waals surface area contributed by atoms with E-state index in [1.165, 1.54) is 17.7 Å². The maximum Gasteiger partial charge on any atom is 0.330 e. The Morgan fingerprint density at radius 2 is 2.00 bits per heavy atom. The summed E-state index contributed by atoms with van der Waals surface area (Å²) in [6, 6.07) is 9.69. The van der Waals surface area contributed by atoms with Crippen molar-refractivity contribution in [3.05, 3.63) is 68.5 Å². The van der Waals surface area contributed by atoms with Crippen molar-refractivity contribution >= 4 is 5.97 Å². The Hall–Kier alpha value is -2.75. The van der Waals surface area contributed by atoms with E-state index in [4.69, 9.17) is 18.9 Å². The number of nitrogens with one attached hydrogen (secondary N) is 1. The minimum atomic E-state index is -0.930. The molecule has 2 aliphatic heterocycles. The number of esters is 1. The van der Waals surface area contributed by atoms with Crippen LogP contribution in [0.3, 0.4) is 0 Å². The van der Waals surface area contributed by atoms with Crippen LogP contribution in [-0.4, -0.2) is 46.5 Å². The number of hydrogen-bond donors (Lipinski definition) is 1. The Bertz CT molecular complexity index is 1000. The smallest absolute Gasteiger partial charge is 0.330 e. The van der Waals surface area contributed by atoms with Crippen molar-refractivity contribution in [1.82, 2.24) is 9.55 Å². The molecular weight excluding hydrogens is 380 g/mol. The maximum absolute atomic E-state index is 12.3. The highest BCUT2D eigenvalue weighted by molar-refractivity contribution is 5.66. The number of aromatic nitrogens is 2. The normalized spacial score (nSPS) is 28.3. The molecule has 1 aromatic carbocycles. The zero-order valence-corrected chi connectivity index (χ0v) is 16.1. The lowest BCUT2D eigenvalue weighted by Gasteiger charge is -2.23. The van der Waals surface area contributed by atoms with Crippen LogP contribution in [0.4, 0.5) is 0 Å². The van der Waals surface area contributed by atoms with Crippen LogP contribution < -0.4 is 11.2 Å². The third-order valence-electron chi connectivity index (χ3n) is 5.07. The summed E-state index contributed by atoms with van der Waals surface area (Å²) in [4.78, 5) is 37.9. The zero-order chi connectivity index (χ0) is 20.5. The second-order valence-corrected chi connectivity index (χ2v) is 7.18. The average Bonchev–Trinajstić information content (AvgIpc) is 3.24. The van der Waals surface area contributed by atoms with Crippen molar-refractivity contribution in [1.29, 1.82) is 0 Å². The van der Waals surface area contributed by atoms with E-state index < -0.39 is 41.8 Å². The molecule has 9 heteroatoms. The SMILES string of the molecule is CC(=O)O[C@@H]1[C@H]2OC[C@@H](OCc3ccccc3)[C@H]2O[C@@H]1n1cc(C)c(=O)[nH]c1=O. The molecule has 1 aromatic heterocycles. The number of ether oxygens (including phenoxy) is 4. The number of carbonyl (C=O) groups excluding carboxylic acids is 1. The van der Waals surface area contributed by atoms with Gasteiger partial charge in [-0.05, 0) is 12.5 Å². The van der Waals surface area contributed by atoms with Gasteiger partial charge in [0.1, 0.15) is 18.3 Å². The fraction of sp³-hybridized carbons (Fsp3) is 0.450. The third-order valence-corrected chi connectivity index (χ3v) is 5.07. The molecule has 2 aliphatic rings. The standard InChI is InChI=1S/C20H22N2O7/c1-11-8-22(20(25)21-18(11)24)19-17(28-12(2)23)16-15(29-19)14(10-27-16)26-9-13-6-4-3-5-7-13/h3-8,14-17,19H,9-10H2,1-2H3,(H,21,24,25)/t14-,15-,16+,17-,19+/m1/s1. The first-order valence-corrected chi connectivity index (χ1v) is 9.36. The van der Waals surface area contributed by atoms with Crippen LogP contribution in [0.2, 0.25) is 0 Å². The number of benzene rings is 1. The molecule has 0 aliphatic carbocycles. The van der Waals surface area contributed by atoms with E-state index in [9.17, 15) is 14.4 Å². The van der Waals surface area contributed by atoms with Gasteiger partial charge in [0.05, 0.1) is 13.2 Å². The van der Waals surface area contributed by atoms with Crippen molar-refractivity contribution in [2.24, 2.45) is 0 Å². The van der Waals surface area contributed by atoms with Crippen LogP contribution in [0.25, 0.3) is 0 Å². The van der Waals surface area contributed by atoms with E-state index in [-0.39, 0.29) is 12.7 Å². The quantitative estimate of drug-likeness (QED) is 0.732. The highest BCUT2D eigenvalue weighted by Gasteiger charge is 2.55. The van der Waals surface area contributed by atoms with E-state index in [1.54, 1.807) is 6.92 Å². The van der Waals surface area contributed by atoms with E-state index >= 15 is 0 Å². The number of nitrogens with zero attached hydrogens (tertiary/aromatic N) is 1. The summed E-state index contributed by atoms with van der Waals surface area (Å²) in [7, 11) is 0. The molecule has 0 unspecified atom stereocenters. The largest absolute Gasteiger partial charge is 0.455 e. The second-order valence-electron chi connectivity index (χ2n) is 7.18. The lowest BCUT2D eigenvalue weighted by molar-refractivity contribution is -0.160. The lowest BCUT2D eigenvalue weighted by Crippen LogP contribution is -2.40. The molecule has 2 aromatic rings. The number of carbonyl (C=O) groups is 1. The van der Waals surface area contributed by atoms with Crippen LogP contribution >= 0.6 is 0 Å². The van der Waals surface area contributed by atoms with E-state index in [2.05, 4.69) is 4.98 Å². The van der Waals surface area contributed by atoms with Crippen molar-refractivity contribution in [2.75, 3.05) is 6.61 Å². The van der Waals surface area contributed by atoms with Crippen molar-refractivity contribution < 1.29 is 23.7 Å². The predicted molar refractivity (Wildman–Crippen MR) is 100 cm³/mol. The number of rotatable bonds is 5. The molecule has 0 bridgehead atoms. The van der Waals surface area contributed by atoms with E-state index in [1.807, 2.05) is 30.3 Å². The first-order chi connectivity index (χ1) is 13.9. The van der Waals surface area contributed by atoms with Gasteiger partial charge in [-0.3, -0.25) is 19.1 Å². The zero-order valence-electron chi connectivity index (χ0n) is 16.1. The Morgan fingerprint density at radius 1 is 1.24 bits per heavy atom. The average molecular weight is 402 g/mol. The molecule has 9 nitrogen and oxygen atoms in total. The Morgan fingerprint density at radius 3 is 2.72 bits per heavy atom. The summed E-state index contributed by atoms with van der Waals surface area (Å²) in [5.41, 5.74) is 0.220. The number of hydrogen-bond acceptors (Lipinski definition) is 7. The van der Waals surface area contributed by atoms with E-state index in [0.717, 1.165) is 5.56 Å². The maximum atomic E-state index is 12.3. The van der Waals surface area contributed by atoms with Crippen molar-refractivity contribution in [3.63, 3.8) is 0 Å². The van der Waals surface area contributed by atoms with Gasteiger partial charge in [-0.15, -0.1) is 0 Å². The van der Waals surface area contributed by atoms with Crippen LogP contribution in [0.1, 0.15) is 24.3 Å². The number of H-pyrrole nitrogens is 1. The highest BCUT2D eigenvalue weighted by atomic mass is 16.7. The molecule has 3 heterocycles. The molecular formula is C20H22N2O7. The fourth-order valence-corrected chi connectivity index (χ4v) is 3.69. The van der Waals surface area contributed by atoms with Crippen LogP contribution in [0.5, 0.6) is 0 Å². The van der Waals surface area contributed by atoms with Gasteiger partial charge in [-0.25, -0.2) is 4.79 Å². The van der Waals surface area contributed by atoms with Gasteiger partial charge in [0, 0.05) is 18.7 Å². The van der Waals surface area contributed by atoms with Gasteiger partial charge in [-0.1, -0.05) is 30.3 Å². The molecule has 0 spiro atoms. The summed E-state index contributed by atoms with van der Waals surface area (Å²) in [6.45, 7) is 3.52. The number of fused-ring (bicyclic) bond motifs is 1. The summed E-state index contributed by atoms with van der Waals surface area (Å²) >= 11 is 0. The second kappa shape index (κ2) is 7.94. The van der Waals surface area contributed by atoms with Gasteiger partial charge in [0.15, 0.2) is 12.3 Å². The van der Waals surface area contributed by atoms with Gasteiger partial charge in [0.25, 0.3) is 5.56 Å². The Kier molecular flexibility index (Phi) is 5.35. The minimum absolute atomic E-state index is 0.284. The summed E-state index contributed by atoms with van der Waals surface area (Å²) in [5, 5.41) is 0. The number of aromatic amines is 1. The van der Waals surface area contributed by atoms with Gasteiger partial charge >= 0.3 is 11.7 Å². The number of aryl methyl sites for hydroxylation is 1. The molecule has 29 heavy (non-hydrogen) atoms. The highest BCUT2D eigenvalue weighted by Crippen LogP contribution is 2.39. The van der Waals surface area contributed by atoms with Crippen molar-refractivity contribution in [3.8, 4) is 0 Å². The third kappa shape index (κ3) is 3.89. The molecule has 1 N–H and O–H groups in total. The summed E-state index contributed by atoms with van der Waals surface area (Å²) < 4.78 is 24.5. The van der Waals surface area contributed by atoms with Gasteiger partial charge < -0.3 is 18.9 Å².